The van der Waals surface area contributed by atoms with Gasteiger partial charge in [-0.05, 0) is 41.8 Å². The highest BCUT2D eigenvalue weighted by Crippen LogP contribution is 2.20. The highest BCUT2D eigenvalue weighted by molar-refractivity contribution is 6.30. The van der Waals surface area contributed by atoms with Gasteiger partial charge < -0.3 is 5.73 Å². The fourth-order valence-electron chi connectivity index (χ4n) is 2.28. The molecule has 0 bridgehead atoms. The topological polar surface area (TPSA) is 38.9 Å². The number of hydrogen-bond acceptors (Lipinski definition) is 2. The van der Waals surface area contributed by atoms with E-state index in [1.165, 1.54) is 5.56 Å². The van der Waals surface area contributed by atoms with Gasteiger partial charge in [-0.2, -0.15) is 0 Å². The number of fused-ring (bicyclic) bond motifs is 1. The molecular weight excluding hydrogens is 268 g/mol. The molecule has 0 radical (unpaired) electrons. The first kappa shape index (κ1) is 13.1. The van der Waals surface area contributed by atoms with E-state index in [0.717, 1.165) is 27.9 Å². The molecule has 0 saturated heterocycles. The maximum absolute atomic E-state index is 6.28. The predicted octanol–water partition coefficient (Wildman–Crippen LogP) is 4.13. The lowest BCUT2D eigenvalue weighted by atomic mass is 10.00. The molecule has 100 valence electrons. The van der Waals surface area contributed by atoms with Crippen molar-refractivity contribution in [2.24, 2.45) is 5.73 Å². The summed E-state index contributed by atoms with van der Waals surface area (Å²) in [5.41, 5.74) is 9.51. The van der Waals surface area contributed by atoms with E-state index in [2.05, 4.69) is 17.1 Å². The molecule has 0 aliphatic heterocycles. The Hall–Kier alpha value is -1.90. The van der Waals surface area contributed by atoms with Gasteiger partial charge >= 0.3 is 0 Å². The lowest BCUT2D eigenvalue weighted by Crippen LogP contribution is -2.13. The molecule has 20 heavy (non-hydrogen) atoms. The number of rotatable bonds is 3. The molecule has 0 amide bonds. The van der Waals surface area contributed by atoms with Gasteiger partial charge in [0.15, 0.2) is 0 Å². The van der Waals surface area contributed by atoms with Crippen LogP contribution in [0.25, 0.3) is 10.9 Å². The van der Waals surface area contributed by atoms with Crippen LogP contribution in [0.15, 0.2) is 60.8 Å². The first-order valence-electron chi connectivity index (χ1n) is 6.57. The Morgan fingerprint density at radius 2 is 1.80 bits per heavy atom. The summed E-state index contributed by atoms with van der Waals surface area (Å²) < 4.78 is 0. The van der Waals surface area contributed by atoms with Crippen molar-refractivity contribution < 1.29 is 0 Å². The van der Waals surface area contributed by atoms with Gasteiger partial charge in [-0.1, -0.05) is 41.9 Å². The summed E-state index contributed by atoms with van der Waals surface area (Å²) in [6, 6.07) is 17.9. The Morgan fingerprint density at radius 1 is 1.05 bits per heavy atom. The van der Waals surface area contributed by atoms with Gasteiger partial charge in [0.1, 0.15) is 0 Å². The number of halogens is 1. The van der Waals surface area contributed by atoms with Gasteiger partial charge in [-0.25, -0.2) is 0 Å². The average molecular weight is 283 g/mol. The number of para-hydroxylation sites is 1. The molecule has 0 aliphatic carbocycles. The molecule has 0 fully saturated rings. The summed E-state index contributed by atoms with van der Waals surface area (Å²) in [4.78, 5) is 4.46. The molecule has 2 aromatic carbocycles. The lowest BCUT2D eigenvalue weighted by Gasteiger charge is -2.12. The van der Waals surface area contributed by atoms with Crippen LogP contribution in [-0.4, -0.2) is 4.98 Å². The molecule has 1 unspecified atom stereocenters. The van der Waals surface area contributed by atoms with Crippen LogP contribution in [-0.2, 0) is 6.42 Å². The quantitative estimate of drug-likeness (QED) is 0.784. The van der Waals surface area contributed by atoms with Crippen molar-refractivity contribution in [1.29, 1.82) is 0 Å². The maximum atomic E-state index is 6.28. The van der Waals surface area contributed by atoms with Crippen molar-refractivity contribution in [2.45, 2.75) is 12.5 Å². The van der Waals surface area contributed by atoms with E-state index >= 15 is 0 Å². The Bertz CT molecular complexity index is 722. The van der Waals surface area contributed by atoms with Gasteiger partial charge in [0.05, 0.1) is 5.52 Å². The van der Waals surface area contributed by atoms with Crippen molar-refractivity contribution in [2.75, 3.05) is 0 Å². The monoisotopic (exact) mass is 282 g/mol. The van der Waals surface area contributed by atoms with Crippen LogP contribution >= 0.6 is 11.6 Å². The second-order valence-corrected chi connectivity index (χ2v) is 5.33. The summed E-state index contributed by atoms with van der Waals surface area (Å²) in [7, 11) is 0. The second kappa shape index (κ2) is 5.61. The van der Waals surface area contributed by atoms with Gasteiger partial charge in [-0.15, -0.1) is 0 Å². The molecule has 2 N–H and O–H groups in total. The zero-order chi connectivity index (χ0) is 13.9. The predicted molar refractivity (Wildman–Crippen MR) is 83.8 cm³/mol. The number of aromatic nitrogens is 1. The molecule has 0 spiro atoms. The van der Waals surface area contributed by atoms with Crippen LogP contribution in [0.4, 0.5) is 0 Å². The Morgan fingerprint density at radius 3 is 2.60 bits per heavy atom. The average Bonchev–Trinajstić information content (AvgIpc) is 2.49. The Kier molecular flexibility index (Phi) is 3.68. The van der Waals surface area contributed by atoms with Crippen LogP contribution in [0, 0.1) is 0 Å². The zero-order valence-electron chi connectivity index (χ0n) is 11.0. The maximum Gasteiger partial charge on any atom is 0.0702 e. The van der Waals surface area contributed by atoms with Crippen LogP contribution in [0.3, 0.4) is 0 Å². The third-order valence-corrected chi connectivity index (χ3v) is 3.66. The van der Waals surface area contributed by atoms with E-state index in [-0.39, 0.29) is 6.04 Å². The van der Waals surface area contributed by atoms with Gasteiger partial charge in [0, 0.05) is 22.6 Å². The van der Waals surface area contributed by atoms with Gasteiger partial charge in [-0.3, -0.25) is 4.98 Å². The van der Waals surface area contributed by atoms with Crippen molar-refractivity contribution in [3.63, 3.8) is 0 Å². The smallest absolute Gasteiger partial charge is 0.0702 e. The summed E-state index contributed by atoms with van der Waals surface area (Å²) in [5, 5.41) is 1.87. The number of benzene rings is 2. The van der Waals surface area contributed by atoms with Crippen LogP contribution in [0.2, 0.25) is 5.02 Å². The fourth-order valence-corrected chi connectivity index (χ4v) is 2.41. The SMILES string of the molecule is NC(Cc1ccc(Cl)cc1)c1cnc2ccccc2c1. The highest BCUT2D eigenvalue weighted by atomic mass is 35.5. The van der Waals surface area contributed by atoms with E-state index in [9.17, 15) is 0 Å². The molecule has 3 aromatic rings. The molecule has 1 heterocycles. The molecule has 2 nitrogen and oxygen atoms in total. The van der Waals surface area contributed by atoms with Crippen molar-refractivity contribution in [1.82, 2.24) is 4.98 Å². The molecule has 1 aromatic heterocycles. The summed E-state index contributed by atoms with van der Waals surface area (Å²) >= 11 is 5.89. The van der Waals surface area contributed by atoms with E-state index in [1.54, 1.807) is 0 Å². The minimum atomic E-state index is -0.0618. The largest absolute Gasteiger partial charge is 0.324 e. The van der Waals surface area contributed by atoms with Crippen molar-refractivity contribution >= 4 is 22.5 Å². The lowest BCUT2D eigenvalue weighted by molar-refractivity contribution is 0.720. The number of nitrogens with two attached hydrogens (primary N) is 1. The van der Waals surface area contributed by atoms with Gasteiger partial charge in [0.25, 0.3) is 0 Å². The normalized spacial score (nSPS) is 12.5. The Labute approximate surface area is 123 Å². The number of nitrogens with zero attached hydrogens (tertiary/aromatic N) is 1. The minimum absolute atomic E-state index is 0.0618. The summed E-state index contributed by atoms with van der Waals surface area (Å²) in [5.74, 6) is 0. The van der Waals surface area contributed by atoms with Crippen LogP contribution < -0.4 is 5.73 Å². The molecular formula is C17H15ClN2. The van der Waals surface area contributed by atoms with E-state index in [4.69, 9.17) is 17.3 Å². The van der Waals surface area contributed by atoms with Crippen LogP contribution in [0.5, 0.6) is 0 Å². The van der Waals surface area contributed by atoms with Crippen molar-refractivity contribution in [3.8, 4) is 0 Å². The van der Waals surface area contributed by atoms with E-state index < -0.39 is 0 Å². The summed E-state index contributed by atoms with van der Waals surface area (Å²) in [6.45, 7) is 0. The first-order valence-corrected chi connectivity index (χ1v) is 6.95. The molecule has 1 atom stereocenters. The second-order valence-electron chi connectivity index (χ2n) is 4.90. The third kappa shape index (κ3) is 2.82. The fraction of sp³-hybridized carbons (Fsp3) is 0.118. The molecule has 3 heteroatoms. The zero-order valence-corrected chi connectivity index (χ0v) is 11.7. The highest BCUT2D eigenvalue weighted by Gasteiger charge is 2.08. The van der Waals surface area contributed by atoms with Crippen molar-refractivity contribution in [3.05, 3.63) is 76.9 Å². The minimum Gasteiger partial charge on any atom is -0.324 e. The standard InChI is InChI=1S/C17H15ClN2/c18-15-7-5-12(6-8-15)9-16(19)14-10-13-3-1-2-4-17(13)20-11-14/h1-8,10-11,16H,9,19H2. The van der Waals surface area contributed by atoms with E-state index in [0.29, 0.717) is 0 Å². The molecule has 0 saturated carbocycles. The van der Waals surface area contributed by atoms with Crippen LogP contribution in [0.1, 0.15) is 17.2 Å². The number of hydrogen-bond donors (Lipinski definition) is 1. The molecule has 3 rings (SSSR count). The first-order chi connectivity index (χ1) is 9.72. The summed E-state index contributed by atoms with van der Waals surface area (Å²) in [6.07, 6.45) is 2.64. The Balaban J connectivity index is 1.84. The van der Waals surface area contributed by atoms with Gasteiger partial charge in [0.2, 0.25) is 0 Å². The van der Waals surface area contributed by atoms with E-state index in [1.807, 2.05) is 48.7 Å². The third-order valence-electron chi connectivity index (χ3n) is 3.41. The number of pyridine rings is 1. The molecule has 0 aliphatic rings.